The van der Waals surface area contributed by atoms with E-state index in [0.717, 1.165) is 16.0 Å². The van der Waals surface area contributed by atoms with Crippen molar-refractivity contribution in [3.8, 4) is 11.5 Å². The lowest BCUT2D eigenvalue weighted by Crippen LogP contribution is -2.11. The fourth-order valence-corrected chi connectivity index (χ4v) is 3.08. The maximum absolute atomic E-state index is 11.1. The number of pyridine rings is 1. The molecule has 0 saturated heterocycles. The molecule has 1 atom stereocenters. The third kappa shape index (κ3) is 3.05. The van der Waals surface area contributed by atoms with Crippen molar-refractivity contribution in [1.29, 1.82) is 0 Å². The quantitative estimate of drug-likeness (QED) is 0.856. The van der Waals surface area contributed by atoms with E-state index in [1.807, 2.05) is 13.0 Å². The Hall–Kier alpha value is -1.95. The van der Waals surface area contributed by atoms with Gasteiger partial charge in [0.2, 0.25) is 0 Å². The van der Waals surface area contributed by atoms with E-state index in [1.165, 1.54) is 11.8 Å². The fourth-order valence-electron chi connectivity index (χ4n) is 2.04. The lowest BCUT2D eigenvalue weighted by molar-refractivity contribution is -0.136. The van der Waals surface area contributed by atoms with Crippen LogP contribution in [-0.4, -0.2) is 35.5 Å². The number of benzene rings is 1. The molecule has 2 aromatic rings. The van der Waals surface area contributed by atoms with Gasteiger partial charge in [-0.25, -0.2) is 4.98 Å². The van der Waals surface area contributed by atoms with Crippen molar-refractivity contribution < 1.29 is 19.4 Å². The molecule has 0 aliphatic heterocycles. The number of carboxylic acids is 1. The zero-order valence-electron chi connectivity index (χ0n) is 12.3. The Balaban J connectivity index is 2.71. The molecule has 112 valence electrons. The first-order chi connectivity index (χ1) is 9.97. The summed E-state index contributed by atoms with van der Waals surface area (Å²) in [6.45, 7) is 3.52. The lowest BCUT2D eigenvalue weighted by atomic mass is 10.1. The van der Waals surface area contributed by atoms with Crippen LogP contribution in [0.15, 0.2) is 23.1 Å². The minimum Gasteiger partial charge on any atom is -0.496 e. The molecular formula is C15H17NO4S. The molecule has 5 nitrogen and oxygen atoms in total. The number of nitrogens with zero attached hydrogens (tertiary/aromatic N) is 1. The molecule has 0 aliphatic rings. The van der Waals surface area contributed by atoms with E-state index in [9.17, 15) is 4.79 Å². The molecule has 1 N–H and O–H groups in total. The van der Waals surface area contributed by atoms with Crippen LogP contribution in [0.1, 0.15) is 12.6 Å². The van der Waals surface area contributed by atoms with Gasteiger partial charge in [0.15, 0.2) is 0 Å². The summed E-state index contributed by atoms with van der Waals surface area (Å²) >= 11 is 1.27. The Morgan fingerprint density at radius 3 is 2.48 bits per heavy atom. The predicted octanol–water partition coefficient (Wildman–Crippen LogP) is 3.13. The number of hydrogen-bond donors (Lipinski definition) is 1. The van der Waals surface area contributed by atoms with Crippen LogP contribution in [0.2, 0.25) is 0 Å². The van der Waals surface area contributed by atoms with E-state index >= 15 is 0 Å². The lowest BCUT2D eigenvalue weighted by Gasteiger charge is -2.15. The molecule has 0 amide bonds. The van der Waals surface area contributed by atoms with E-state index in [1.54, 1.807) is 33.3 Å². The van der Waals surface area contributed by atoms with Crippen LogP contribution in [0.25, 0.3) is 10.9 Å². The van der Waals surface area contributed by atoms with Crippen LogP contribution >= 0.6 is 11.8 Å². The highest BCUT2D eigenvalue weighted by Gasteiger charge is 2.19. The van der Waals surface area contributed by atoms with Crippen LogP contribution in [0, 0.1) is 6.92 Å². The second-order valence-corrected chi connectivity index (χ2v) is 5.94. The summed E-state index contributed by atoms with van der Waals surface area (Å²) in [7, 11) is 3.16. The van der Waals surface area contributed by atoms with Crippen LogP contribution in [0.3, 0.4) is 0 Å². The van der Waals surface area contributed by atoms with Gasteiger partial charge in [-0.15, -0.1) is 11.8 Å². The third-order valence-electron chi connectivity index (χ3n) is 3.07. The summed E-state index contributed by atoms with van der Waals surface area (Å²) in [5.74, 6) is 0.433. The predicted molar refractivity (Wildman–Crippen MR) is 82.5 cm³/mol. The zero-order chi connectivity index (χ0) is 15.6. The van der Waals surface area contributed by atoms with Gasteiger partial charge in [0, 0.05) is 10.6 Å². The summed E-state index contributed by atoms with van der Waals surface area (Å²) in [4.78, 5) is 16.4. The molecular weight excluding hydrogens is 290 g/mol. The first kappa shape index (κ1) is 15.4. The number of hydrogen-bond acceptors (Lipinski definition) is 5. The number of aryl methyl sites for hydroxylation is 1. The largest absolute Gasteiger partial charge is 0.496 e. The molecule has 0 fully saturated rings. The van der Waals surface area contributed by atoms with E-state index < -0.39 is 11.2 Å². The summed E-state index contributed by atoms with van der Waals surface area (Å²) in [5, 5.41) is 9.33. The Morgan fingerprint density at radius 1 is 1.29 bits per heavy atom. The van der Waals surface area contributed by atoms with Crippen molar-refractivity contribution in [2.75, 3.05) is 14.2 Å². The van der Waals surface area contributed by atoms with Gasteiger partial charge in [0.05, 0.1) is 19.6 Å². The van der Waals surface area contributed by atoms with Gasteiger partial charge in [-0.3, -0.25) is 4.79 Å². The topological polar surface area (TPSA) is 68.7 Å². The van der Waals surface area contributed by atoms with Gasteiger partial charge in [0.25, 0.3) is 0 Å². The van der Waals surface area contributed by atoms with Crippen LogP contribution < -0.4 is 9.47 Å². The molecule has 1 aromatic heterocycles. The van der Waals surface area contributed by atoms with Crippen molar-refractivity contribution in [3.63, 3.8) is 0 Å². The van der Waals surface area contributed by atoms with Gasteiger partial charge >= 0.3 is 5.97 Å². The van der Waals surface area contributed by atoms with E-state index in [-0.39, 0.29) is 0 Å². The van der Waals surface area contributed by atoms with E-state index in [0.29, 0.717) is 17.0 Å². The molecule has 2 rings (SSSR count). The van der Waals surface area contributed by atoms with Gasteiger partial charge in [-0.2, -0.15) is 0 Å². The maximum atomic E-state index is 11.1. The standard InChI is InChI=1S/C15H17NO4S/c1-8-7-12(21-9(2)15(17)18)13-10(19-3)5-6-11(20-4)14(13)16-8/h5-7,9H,1-4H3,(H,17,18). The molecule has 0 saturated carbocycles. The first-order valence-corrected chi connectivity index (χ1v) is 7.27. The molecule has 0 spiro atoms. The van der Waals surface area contributed by atoms with Crippen LogP contribution in [0.4, 0.5) is 0 Å². The van der Waals surface area contributed by atoms with Crippen molar-refractivity contribution >= 4 is 28.6 Å². The van der Waals surface area contributed by atoms with Crippen molar-refractivity contribution in [2.45, 2.75) is 24.0 Å². The monoisotopic (exact) mass is 307 g/mol. The fraction of sp³-hybridized carbons (Fsp3) is 0.333. The van der Waals surface area contributed by atoms with Crippen molar-refractivity contribution in [3.05, 3.63) is 23.9 Å². The second-order valence-electron chi connectivity index (χ2n) is 4.55. The Morgan fingerprint density at radius 2 is 1.90 bits per heavy atom. The van der Waals surface area contributed by atoms with Crippen LogP contribution in [-0.2, 0) is 4.79 Å². The van der Waals surface area contributed by atoms with Gasteiger partial charge < -0.3 is 14.6 Å². The number of carboxylic acid groups (broad SMARTS) is 1. The van der Waals surface area contributed by atoms with Crippen molar-refractivity contribution in [1.82, 2.24) is 4.98 Å². The average molecular weight is 307 g/mol. The van der Waals surface area contributed by atoms with Gasteiger partial charge in [-0.1, -0.05) is 0 Å². The highest BCUT2D eigenvalue weighted by Crippen LogP contribution is 2.40. The number of rotatable bonds is 5. The van der Waals surface area contributed by atoms with E-state index in [2.05, 4.69) is 4.98 Å². The zero-order valence-corrected chi connectivity index (χ0v) is 13.2. The average Bonchev–Trinajstić information content (AvgIpc) is 2.45. The molecule has 1 unspecified atom stereocenters. The minimum absolute atomic E-state index is 0.564. The minimum atomic E-state index is -0.857. The van der Waals surface area contributed by atoms with Crippen LogP contribution in [0.5, 0.6) is 11.5 Å². The number of methoxy groups -OCH3 is 2. The summed E-state index contributed by atoms with van der Waals surface area (Å²) < 4.78 is 10.7. The molecule has 1 heterocycles. The summed E-state index contributed by atoms with van der Waals surface area (Å²) in [6.07, 6.45) is 0. The molecule has 0 aliphatic carbocycles. The number of ether oxygens (including phenoxy) is 2. The van der Waals surface area contributed by atoms with E-state index in [4.69, 9.17) is 14.6 Å². The Labute approximate surface area is 127 Å². The molecule has 21 heavy (non-hydrogen) atoms. The first-order valence-electron chi connectivity index (χ1n) is 6.39. The Kier molecular flexibility index (Phi) is 4.57. The number of aromatic nitrogens is 1. The normalized spacial score (nSPS) is 12.2. The van der Waals surface area contributed by atoms with Gasteiger partial charge in [-0.05, 0) is 32.0 Å². The van der Waals surface area contributed by atoms with Crippen molar-refractivity contribution in [2.24, 2.45) is 0 Å². The molecule has 0 bridgehead atoms. The number of carbonyl (C=O) groups is 1. The molecule has 0 radical (unpaired) electrons. The molecule has 6 heteroatoms. The van der Waals surface area contributed by atoms with Gasteiger partial charge in [0.1, 0.15) is 22.3 Å². The summed E-state index contributed by atoms with van der Waals surface area (Å²) in [5.41, 5.74) is 1.48. The highest BCUT2D eigenvalue weighted by atomic mass is 32.2. The number of fused-ring (bicyclic) bond motifs is 1. The molecule has 1 aromatic carbocycles. The third-order valence-corrected chi connectivity index (χ3v) is 4.20. The second kappa shape index (κ2) is 6.22. The summed E-state index contributed by atoms with van der Waals surface area (Å²) in [6, 6.07) is 5.46. The smallest absolute Gasteiger partial charge is 0.316 e. The highest BCUT2D eigenvalue weighted by molar-refractivity contribution is 8.00. The number of aliphatic carboxylic acids is 1. The number of thioether (sulfide) groups is 1. The Bertz CT molecular complexity index is 687. The maximum Gasteiger partial charge on any atom is 0.316 e. The SMILES string of the molecule is COc1ccc(OC)c2c(SC(C)C(=O)O)cc(C)nc12.